The van der Waals surface area contributed by atoms with Crippen LogP contribution in [-0.4, -0.2) is 35.2 Å². The quantitative estimate of drug-likeness (QED) is 0.481. The van der Waals surface area contributed by atoms with Crippen molar-refractivity contribution >= 4 is 29.1 Å². The normalized spacial score (nSPS) is 14.5. The third-order valence-corrected chi connectivity index (χ3v) is 6.98. The van der Waals surface area contributed by atoms with Gasteiger partial charge in [0, 0.05) is 10.9 Å². The van der Waals surface area contributed by atoms with E-state index in [0.29, 0.717) is 0 Å². The van der Waals surface area contributed by atoms with Crippen molar-refractivity contribution in [1.29, 1.82) is 0 Å². The van der Waals surface area contributed by atoms with Gasteiger partial charge in [-0.15, -0.1) is 11.3 Å². The van der Waals surface area contributed by atoms with Crippen LogP contribution in [0, 0.1) is 6.92 Å². The van der Waals surface area contributed by atoms with Crippen LogP contribution in [-0.2, 0) is 16.1 Å². The van der Waals surface area contributed by atoms with Crippen LogP contribution >= 0.6 is 11.3 Å². The molecule has 0 unspecified atom stereocenters. The van der Waals surface area contributed by atoms with Crippen LogP contribution in [0.15, 0.2) is 64.6 Å². The van der Waals surface area contributed by atoms with Crippen molar-refractivity contribution in [1.82, 2.24) is 15.5 Å². The van der Waals surface area contributed by atoms with Crippen molar-refractivity contribution < 1.29 is 18.8 Å². The maximum Gasteiger partial charge on any atom is 0.287 e. The van der Waals surface area contributed by atoms with Gasteiger partial charge in [-0.2, -0.15) is 0 Å². The first-order valence-electron chi connectivity index (χ1n) is 11.5. The minimum Gasteiger partial charge on any atom is -0.459 e. The summed E-state index contributed by atoms with van der Waals surface area (Å²) in [5, 5.41) is 7.74. The Kier molecular flexibility index (Phi) is 7.80. The highest BCUT2D eigenvalue weighted by Gasteiger charge is 2.34. The molecular weight excluding hydrogens is 450 g/mol. The number of rotatable bonds is 9. The van der Waals surface area contributed by atoms with Crippen LogP contribution in [0.25, 0.3) is 0 Å². The molecule has 0 spiro atoms. The first-order chi connectivity index (χ1) is 16.5. The zero-order valence-corrected chi connectivity index (χ0v) is 20.0. The number of nitrogens with one attached hydrogen (secondary N) is 2. The molecule has 34 heavy (non-hydrogen) atoms. The fourth-order valence-corrected chi connectivity index (χ4v) is 5.04. The highest BCUT2D eigenvalue weighted by Crippen LogP contribution is 2.28. The molecule has 1 aliphatic rings. The van der Waals surface area contributed by atoms with E-state index in [1.807, 2.05) is 48.7 Å². The Hall–Kier alpha value is -3.39. The predicted molar refractivity (Wildman–Crippen MR) is 130 cm³/mol. The summed E-state index contributed by atoms with van der Waals surface area (Å²) in [6.07, 6.45) is 5.49. The highest BCUT2D eigenvalue weighted by atomic mass is 32.1. The van der Waals surface area contributed by atoms with E-state index < -0.39 is 11.9 Å². The molecule has 2 heterocycles. The second-order valence-corrected chi connectivity index (χ2v) is 9.54. The Balaban J connectivity index is 1.62. The van der Waals surface area contributed by atoms with E-state index in [-0.39, 0.29) is 36.7 Å². The summed E-state index contributed by atoms with van der Waals surface area (Å²) in [6, 6.07) is 14.0. The van der Waals surface area contributed by atoms with Crippen molar-refractivity contribution in [3.63, 3.8) is 0 Å². The topological polar surface area (TPSA) is 91.7 Å². The molecule has 178 valence electrons. The predicted octanol–water partition coefficient (Wildman–Crippen LogP) is 4.21. The van der Waals surface area contributed by atoms with Gasteiger partial charge in [-0.3, -0.25) is 14.4 Å². The molecule has 3 amide bonds. The van der Waals surface area contributed by atoms with Gasteiger partial charge in [0.15, 0.2) is 5.76 Å². The SMILES string of the molecule is Cc1ccccc1[C@H](C(=O)NC1CCCC1)N(Cc1cccs1)C(=O)CNC(=O)c1ccco1. The van der Waals surface area contributed by atoms with Gasteiger partial charge in [-0.05, 0) is 54.5 Å². The van der Waals surface area contributed by atoms with Gasteiger partial charge in [-0.1, -0.05) is 43.2 Å². The van der Waals surface area contributed by atoms with Gasteiger partial charge >= 0.3 is 0 Å². The maximum absolute atomic E-state index is 13.6. The first kappa shape index (κ1) is 23.8. The van der Waals surface area contributed by atoms with Gasteiger partial charge in [0.2, 0.25) is 11.8 Å². The van der Waals surface area contributed by atoms with Gasteiger partial charge < -0.3 is 20.0 Å². The molecule has 3 aromatic rings. The second-order valence-electron chi connectivity index (χ2n) is 8.51. The summed E-state index contributed by atoms with van der Waals surface area (Å²) in [7, 11) is 0. The third-order valence-electron chi connectivity index (χ3n) is 6.12. The fraction of sp³-hybridized carbons (Fsp3) is 0.346. The van der Waals surface area contributed by atoms with Crippen LogP contribution < -0.4 is 10.6 Å². The lowest BCUT2D eigenvalue weighted by Crippen LogP contribution is -2.48. The number of amides is 3. The molecule has 0 aliphatic heterocycles. The first-order valence-corrected chi connectivity index (χ1v) is 12.4. The van der Waals surface area contributed by atoms with Gasteiger partial charge in [0.05, 0.1) is 19.4 Å². The second kappa shape index (κ2) is 11.2. The largest absolute Gasteiger partial charge is 0.459 e. The summed E-state index contributed by atoms with van der Waals surface area (Å²) in [5.74, 6) is -0.879. The lowest BCUT2D eigenvalue weighted by Gasteiger charge is -2.33. The van der Waals surface area contributed by atoms with E-state index in [0.717, 1.165) is 41.7 Å². The van der Waals surface area contributed by atoms with Crippen LogP contribution in [0.2, 0.25) is 0 Å². The number of hydrogen-bond donors (Lipinski definition) is 2. The molecule has 1 fully saturated rings. The van der Waals surface area contributed by atoms with Crippen LogP contribution in [0.3, 0.4) is 0 Å². The summed E-state index contributed by atoms with van der Waals surface area (Å²) in [4.78, 5) is 42.0. The standard InChI is InChI=1S/C26H29N3O4S/c1-18-8-2-5-12-21(18)24(26(32)28-19-9-3-4-10-19)29(17-20-11-7-15-34-20)23(30)16-27-25(31)22-13-6-14-33-22/h2,5-8,11-15,19,24H,3-4,9-10,16-17H2,1H3,(H,27,31)(H,28,32)/t24-/m1/s1. The van der Waals surface area contributed by atoms with Gasteiger partial charge in [0.25, 0.3) is 5.91 Å². The average Bonchev–Trinajstić information content (AvgIpc) is 3.62. The molecule has 2 N–H and O–H groups in total. The number of carbonyl (C=O) groups excluding carboxylic acids is 3. The Morgan fingerprint density at radius 3 is 2.56 bits per heavy atom. The molecule has 0 saturated heterocycles. The lowest BCUT2D eigenvalue weighted by atomic mass is 9.98. The molecule has 7 nitrogen and oxygen atoms in total. The zero-order chi connectivity index (χ0) is 23.9. The molecule has 2 aromatic heterocycles. The molecule has 0 radical (unpaired) electrons. The Bertz CT molecular complexity index is 1110. The number of nitrogens with zero attached hydrogens (tertiary/aromatic N) is 1. The number of thiophene rings is 1. The van der Waals surface area contributed by atoms with E-state index in [9.17, 15) is 14.4 Å². The number of hydrogen-bond acceptors (Lipinski definition) is 5. The molecule has 1 atom stereocenters. The van der Waals surface area contributed by atoms with Crippen molar-refractivity contribution in [2.45, 2.75) is 51.2 Å². The van der Waals surface area contributed by atoms with E-state index >= 15 is 0 Å². The van der Waals surface area contributed by atoms with Gasteiger partial charge in [0.1, 0.15) is 6.04 Å². The molecule has 8 heteroatoms. The Morgan fingerprint density at radius 2 is 1.88 bits per heavy atom. The van der Waals surface area contributed by atoms with E-state index in [1.54, 1.807) is 11.0 Å². The molecule has 4 rings (SSSR count). The van der Waals surface area contributed by atoms with E-state index in [1.165, 1.54) is 23.7 Å². The lowest BCUT2D eigenvalue weighted by molar-refractivity contribution is -0.141. The average molecular weight is 480 g/mol. The summed E-state index contributed by atoms with van der Waals surface area (Å²) >= 11 is 1.52. The van der Waals surface area contributed by atoms with Gasteiger partial charge in [-0.25, -0.2) is 0 Å². The molecule has 1 aliphatic carbocycles. The monoisotopic (exact) mass is 479 g/mol. The highest BCUT2D eigenvalue weighted by molar-refractivity contribution is 7.09. The van der Waals surface area contributed by atoms with Crippen molar-refractivity contribution in [3.05, 3.63) is 81.9 Å². The summed E-state index contributed by atoms with van der Waals surface area (Å²) in [5.41, 5.74) is 1.71. The van der Waals surface area contributed by atoms with E-state index in [2.05, 4.69) is 10.6 Å². The third kappa shape index (κ3) is 5.75. The zero-order valence-electron chi connectivity index (χ0n) is 19.2. The number of furan rings is 1. The summed E-state index contributed by atoms with van der Waals surface area (Å²) < 4.78 is 5.12. The van der Waals surface area contributed by atoms with Crippen LogP contribution in [0.5, 0.6) is 0 Å². The Labute approximate surface area is 203 Å². The van der Waals surface area contributed by atoms with Crippen molar-refractivity contribution in [2.75, 3.05) is 6.54 Å². The minimum absolute atomic E-state index is 0.122. The molecule has 0 bridgehead atoms. The number of carbonyl (C=O) groups is 3. The van der Waals surface area contributed by atoms with Crippen LogP contribution in [0.1, 0.15) is 58.3 Å². The smallest absolute Gasteiger partial charge is 0.287 e. The van der Waals surface area contributed by atoms with E-state index in [4.69, 9.17) is 4.42 Å². The number of benzene rings is 1. The maximum atomic E-state index is 13.6. The molecule has 1 aromatic carbocycles. The summed E-state index contributed by atoms with van der Waals surface area (Å²) in [6.45, 7) is 1.96. The number of aryl methyl sites for hydroxylation is 1. The fourth-order valence-electron chi connectivity index (χ4n) is 4.34. The minimum atomic E-state index is -0.808. The molecular formula is C26H29N3O4S. The van der Waals surface area contributed by atoms with Crippen molar-refractivity contribution in [2.24, 2.45) is 0 Å². The molecule has 1 saturated carbocycles. The van der Waals surface area contributed by atoms with Crippen molar-refractivity contribution in [3.8, 4) is 0 Å². The Morgan fingerprint density at radius 1 is 1.09 bits per heavy atom. The van der Waals surface area contributed by atoms with Crippen LogP contribution in [0.4, 0.5) is 0 Å².